The van der Waals surface area contributed by atoms with Crippen molar-refractivity contribution in [2.24, 2.45) is 11.8 Å². The van der Waals surface area contributed by atoms with Gasteiger partial charge in [-0.1, -0.05) is 18.2 Å². The fourth-order valence-electron chi connectivity index (χ4n) is 5.47. The molecule has 200 valence electrons. The maximum Gasteiger partial charge on any atom is 0.325 e. The first-order valence-corrected chi connectivity index (χ1v) is 15.1. The third-order valence-electron chi connectivity index (χ3n) is 7.67. The topological polar surface area (TPSA) is 137 Å². The minimum Gasteiger partial charge on any atom is -0.392 e. The molecule has 1 aromatic carbocycles. The number of benzene rings is 1. The van der Waals surface area contributed by atoms with E-state index in [9.17, 15) is 19.4 Å². The second-order valence-corrected chi connectivity index (χ2v) is 12.5. The van der Waals surface area contributed by atoms with E-state index < -0.39 is 7.60 Å². The van der Waals surface area contributed by atoms with Crippen LogP contribution in [-0.2, 0) is 22.2 Å². The molecule has 37 heavy (non-hydrogen) atoms. The number of nitrogens with one attached hydrogen (secondary N) is 2. The van der Waals surface area contributed by atoms with Crippen LogP contribution in [0.4, 0.5) is 11.8 Å². The van der Waals surface area contributed by atoms with Gasteiger partial charge in [0, 0.05) is 38.5 Å². The number of amides is 1. The summed E-state index contributed by atoms with van der Waals surface area (Å²) in [6.07, 6.45) is 5.21. The average molecular weight is 530 g/mol. The van der Waals surface area contributed by atoms with Crippen molar-refractivity contribution in [3.8, 4) is 0 Å². The quantitative estimate of drug-likeness (QED) is 0.361. The molecule has 3 unspecified atom stereocenters. The zero-order valence-corrected chi connectivity index (χ0v) is 22.3. The van der Waals surface area contributed by atoms with E-state index in [0.29, 0.717) is 49.6 Å². The fraction of sp³-hybridized carbons (Fsp3) is 0.577. The van der Waals surface area contributed by atoms with E-state index in [2.05, 4.69) is 20.5 Å². The maximum absolute atomic E-state index is 13.3. The minimum absolute atomic E-state index is 0.00273. The van der Waals surface area contributed by atoms with Gasteiger partial charge in [0.2, 0.25) is 5.95 Å². The van der Waals surface area contributed by atoms with Gasteiger partial charge < -0.3 is 30.1 Å². The lowest BCUT2D eigenvalue weighted by Gasteiger charge is -2.29. The van der Waals surface area contributed by atoms with Crippen molar-refractivity contribution in [2.75, 3.05) is 30.0 Å². The molecule has 11 heteroatoms. The predicted octanol–water partition coefficient (Wildman–Crippen LogP) is 3.22. The Morgan fingerprint density at radius 3 is 2.59 bits per heavy atom. The highest BCUT2D eigenvalue weighted by molar-refractivity contribution is 7.51. The molecule has 2 heterocycles. The van der Waals surface area contributed by atoms with Crippen LogP contribution in [-0.4, -0.2) is 57.8 Å². The fourth-order valence-corrected chi connectivity index (χ4v) is 6.23. The molecule has 10 nitrogen and oxygen atoms in total. The first-order chi connectivity index (χ1) is 17.7. The normalized spacial score (nSPS) is 26.3. The summed E-state index contributed by atoms with van der Waals surface area (Å²) in [7, 11) is -3.52. The highest BCUT2D eigenvalue weighted by Crippen LogP contribution is 2.46. The molecule has 3 atom stereocenters. The number of piperidine rings is 1. The van der Waals surface area contributed by atoms with Crippen molar-refractivity contribution in [3.05, 3.63) is 46.6 Å². The van der Waals surface area contributed by atoms with Crippen LogP contribution in [0.2, 0.25) is 0 Å². The van der Waals surface area contributed by atoms with Gasteiger partial charge in [-0.2, -0.15) is 4.98 Å². The summed E-state index contributed by atoms with van der Waals surface area (Å²) in [5.74, 6) is 2.38. The van der Waals surface area contributed by atoms with Gasteiger partial charge in [-0.05, 0) is 67.6 Å². The van der Waals surface area contributed by atoms with Crippen LogP contribution in [0.3, 0.4) is 0 Å². The molecule has 1 aromatic heterocycles. The van der Waals surface area contributed by atoms with Crippen molar-refractivity contribution in [3.63, 3.8) is 0 Å². The lowest BCUT2D eigenvalue weighted by Crippen LogP contribution is -2.39. The van der Waals surface area contributed by atoms with E-state index in [-0.39, 0.29) is 24.7 Å². The van der Waals surface area contributed by atoms with E-state index >= 15 is 0 Å². The molecule has 0 bridgehead atoms. The molecule has 0 radical (unpaired) electrons. The molecule has 4 N–H and O–H groups in total. The molecular weight excluding hydrogens is 493 g/mol. The summed E-state index contributed by atoms with van der Waals surface area (Å²) in [5.41, 5.74) is 3.32. The molecule has 1 aliphatic heterocycles. The zero-order valence-electron chi connectivity index (χ0n) is 21.4. The Balaban J connectivity index is 1.28. The van der Waals surface area contributed by atoms with Crippen LogP contribution in [0.25, 0.3) is 0 Å². The highest BCUT2D eigenvalue weighted by Gasteiger charge is 2.46. The third-order valence-corrected chi connectivity index (χ3v) is 8.36. The molecule has 3 aliphatic rings. The minimum atomic E-state index is -3.52. The number of carbonyl (C=O) groups excluding carboxylic acids is 1. The summed E-state index contributed by atoms with van der Waals surface area (Å²) in [6, 6.07) is 5.85. The van der Waals surface area contributed by atoms with E-state index in [1.807, 2.05) is 25.1 Å². The van der Waals surface area contributed by atoms with Gasteiger partial charge >= 0.3 is 7.60 Å². The molecular formula is C26H36N5O5P. The Labute approximate surface area is 217 Å². The van der Waals surface area contributed by atoms with Gasteiger partial charge in [-0.15, -0.1) is 0 Å². The zero-order chi connectivity index (χ0) is 26.2. The Morgan fingerprint density at radius 1 is 1.22 bits per heavy atom. The second-order valence-electron chi connectivity index (χ2n) is 10.7. The monoisotopic (exact) mass is 529 g/mol. The van der Waals surface area contributed by atoms with Gasteiger partial charge in [-0.25, -0.2) is 4.98 Å². The van der Waals surface area contributed by atoms with Gasteiger partial charge in [0.05, 0.1) is 12.7 Å². The molecule has 1 saturated heterocycles. The molecule has 2 saturated carbocycles. The summed E-state index contributed by atoms with van der Waals surface area (Å²) >= 11 is 0. The van der Waals surface area contributed by atoms with Crippen LogP contribution >= 0.6 is 7.60 Å². The molecule has 2 aromatic rings. The Kier molecular flexibility index (Phi) is 7.54. The average Bonchev–Trinajstić information content (AvgIpc) is 3.47. The van der Waals surface area contributed by atoms with Gasteiger partial charge in [-0.3, -0.25) is 9.36 Å². The molecule has 2 aliphatic carbocycles. The first kappa shape index (κ1) is 26.1. The number of anilines is 2. The van der Waals surface area contributed by atoms with E-state index in [4.69, 9.17) is 9.51 Å². The summed E-state index contributed by atoms with van der Waals surface area (Å²) < 4.78 is 16.8. The summed E-state index contributed by atoms with van der Waals surface area (Å²) in [4.78, 5) is 34.3. The van der Waals surface area contributed by atoms with Gasteiger partial charge in [0.1, 0.15) is 11.4 Å². The van der Waals surface area contributed by atoms with Crippen LogP contribution < -0.4 is 15.5 Å². The molecule has 5 rings (SSSR count). The van der Waals surface area contributed by atoms with E-state index in [1.165, 1.54) is 13.1 Å². The van der Waals surface area contributed by atoms with Crippen molar-refractivity contribution in [2.45, 2.75) is 64.3 Å². The van der Waals surface area contributed by atoms with Gasteiger partial charge in [0.25, 0.3) is 5.91 Å². The smallest absolute Gasteiger partial charge is 0.325 e. The number of hydrogen-bond acceptors (Lipinski definition) is 8. The van der Waals surface area contributed by atoms with Crippen molar-refractivity contribution in [1.29, 1.82) is 0 Å². The van der Waals surface area contributed by atoms with Crippen LogP contribution in [0, 0.1) is 18.8 Å². The Hall–Kier alpha value is -2.52. The third kappa shape index (κ3) is 6.49. The summed E-state index contributed by atoms with van der Waals surface area (Å²) in [5, 5.41) is 15.9. The number of aromatic nitrogens is 2. The largest absolute Gasteiger partial charge is 0.392 e. The second kappa shape index (κ2) is 10.7. The molecule has 1 amide bonds. The van der Waals surface area contributed by atoms with Crippen LogP contribution in [0.15, 0.2) is 24.4 Å². The number of hydrogen-bond donors (Lipinski definition) is 4. The lowest BCUT2D eigenvalue weighted by molar-refractivity contribution is 0.0881. The lowest BCUT2D eigenvalue weighted by atomic mass is 9.93. The number of aryl methyl sites for hydroxylation is 1. The number of aliphatic hydroxyl groups excluding tert-OH is 1. The predicted molar refractivity (Wildman–Crippen MR) is 141 cm³/mol. The number of nitrogens with zero attached hydrogens (tertiary/aromatic N) is 3. The standard InChI is InChI=1S/C26H36N5O5P/c1-16-9-17(3-4-18(16)15-32)11-27-24-23(12-28-26(30-24)31-13-19-10-20(19)14-31)25(33)29-21-5-7-22(8-6-21)36-37(2,34)35/h3-4,9,12,19-22,32H,5-8,10-11,13-15H2,1-2H3,(H,29,33)(H,34,35)(H,27,28,30). The SMILES string of the molecule is Cc1cc(CNc2nc(N3CC4CC4C3)ncc2C(=O)NC2CCC(OP(C)(=O)O)CC2)ccc1CO. The van der Waals surface area contributed by atoms with Crippen LogP contribution in [0.1, 0.15) is 59.2 Å². The highest BCUT2D eigenvalue weighted by atomic mass is 31.2. The number of fused-ring (bicyclic) bond motifs is 1. The van der Waals surface area contributed by atoms with Gasteiger partial charge in [0.15, 0.2) is 0 Å². The molecule has 3 fully saturated rings. The number of aliphatic hydroxyl groups is 1. The Bertz CT molecular complexity index is 1190. The van der Waals surface area contributed by atoms with Crippen LogP contribution in [0.5, 0.6) is 0 Å². The first-order valence-electron chi connectivity index (χ1n) is 13.0. The Morgan fingerprint density at radius 2 is 1.95 bits per heavy atom. The van der Waals surface area contributed by atoms with E-state index in [1.54, 1.807) is 6.20 Å². The van der Waals surface area contributed by atoms with Crippen molar-refractivity contribution >= 4 is 25.3 Å². The van der Waals surface area contributed by atoms with Crippen molar-refractivity contribution < 1.29 is 23.9 Å². The van der Waals surface area contributed by atoms with Crippen molar-refractivity contribution in [1.82, 2.24) is 15.3 Å². The van der Waals surface area contributed by atoms with E-state index in [0.717, 1.165) is 41.6 Å². The number of rotatable bonds is 9. The molecule has 0 spiro atoms. The number of carbonyl (C=O) groups is 1. The summed E-state index contributed by atoms with van der Waals surface area (Å²) in [6.45, 7) is 5.57. The maximum atomic E-state index is 13.3.